The van der Waals surface area contributed by atoms with E-state index in [-0.39, 0.29) is 6.42 Å². The van der Waals surface area contributed by atoms with Gasteiger partial charge in [-0.05, 0) is 24.1 Å². The molecule has 1 aromatic rings. The lowest BCUT2D eigenvalue weighted by atomic mass is 10.1. The van der Waals surface area contributed by atoms with Crippen molar-refractivity contribution in [2.24, 2.45) is 5.73 Å². The second-order valence-electron chi connectivity index (χ2n) is 3.68. The number of hydrogen-bond donors (Lipinski definition) is 2. The van der Waals surface area contributed by atoms with Crippen molar-refractivity contribution in [2.45, 2.75) is 18.9 Å². The van der Waals surface area contributed by atoms with E-state index in [1.54, 1.807) is 24.3 Å². The fraction of sp³-hybridized carbons (Fsp3) is 0.417. The Hall–Kier alpha value is -1.62. The predicted molar refractivity (Wildman–Crippen MR) is 61.8 cm³/mol. The van der Waals surface area contributed by atoms with Gasteiger partial charge in [-0.3, -0.25) is 9.18 Å². The zero-order chi connectivity index (χ0) is 12.7. The average molecular weight is 241 g/mol. The Kier molecular flexibility index (Phi) is 5.42. The highest BCUT2D eigenvalue weighted by Gasteiger charge is 2.11. The Morgan fingerprint density at radius 2 is 2.06 bits per heavy atom. The molecule has 0 amide bonds. The highest BCUT2D eigenvalue weighted by molar-refractivity contribution is 5.73. The largest absolute Gasteiger partial charge is 0.494 e. The highest BCUT2D eigenvalue weighted by atomic mass is 19.1. The lowest BCUT2D eigenvalue weighted by molar-refractivity contribution is -0.138. The molecule has 0 fully saturated rings. The van der Waals surface area contributed by atoms with Gasteiger partial charge >= 0.3 is 5.97 Å². The van der Waals surface area contributed by atoms with Crippen LogP contribution < -0.4 is 10.5 Å². The number of aliphatic carboxylic acids is 1. The zero-order valence-corrected chi connectivity index (χ0v) is 9.43. The Morgan fingerprint density at radius 3 is 2.59 bits per heavy atom. The summed E-state index contributed by atoms with van der Waals surface area (Å²) in [7, 11) is 0. The molecule has 0 aliphatic rings. The van der Waals surface area contributed by atoms with Crippen molar-refractivity contribution < 1.29 is 19.0 Å². The standard InChI is InChI=1S/C12H16FNO3/c13-6-1-7-17-10-4-2-9(3-5-10)8-11(14)12(15)16/h2-5,11H,1,6-8,14H2,(H,15,16)/t11-/m0/s1. The number of hydrogen-bond acceptors (Lipinski definition) is 3. The maximum atomic E-state index is 11.8. The molecule has 0 saturated carbocycles. The van der Waals surface area contributed by atoms with Crippen molar-refractivity contribution in [2.75, 3.05) is 13.3 Å². The minimum atomic E-state index is -1.02. The first-order valence-electron chi connectivity index (χ1n) is 5.39. The van der Waals surface area contributed by atoms with Gasteiger partial charge in [-0.15, -0.1) is 0 Å². The average Bonchev–Trinajstić information content (AvgIpc) is 2.31. The molecule has 0 unspecified atom stereocenters. The van der Waals surface area contributed by atoms with Gasteiger partial charge in [0.1, 0.15) is 11.8 Å². The van der Waals surface area contributed by atoms with E-state index < -0.39 is 18.7 Å². The van der Waals surface area contributed by atoms with Gasteiger partial charge in [0, 0.05) is 6.42 Å². The van der Waals surface area contributed by atoms with Crippen LogP contribution in [0, 0.1) is 0 Å². The van der Waals surface area contributed by atoms with Gasteiger partial charge in [-0.25, -0.2) is 0 Å². The van der Waals surface area contributed by atoms with Crippen LogP contribution in [0.3, 0.4) is 0 Å². The first-order chi connectivity index (χ1) is 8.13. The molecule has 0 bridgehead atoms. The first-order valence-corrected chi connectivity index (χ1v) is 5.39. The molecular formula is C12H16FNO3. The lowest BCUT2D eigenvalue weighted by Crippen LogP contribution is -2.32. The second kappa shape index (κ2) is 6.85. The van der Waals surface area contributed by atoms with Gasteiger partial charge in [-0.1, -0.05) is 12.1 Å². The normalized spacial score (nSPS) is 12.1. The minimum Gasteiger partial charge on any atom is -0.494 e. The van der Waals surface area contributed by atoms with E-state index in [1.807, 2.05) is 0 Å². The van der Waals surface area contributed by atoms with E-state index in [0.717, 1.165) is 5.56 Å². The SMILES string of the molecule is N[C@@H](Cc1ccc(OCCCF)cc1)C(=O)O. The Labute approximate surface area is 99.2 Å². The van der Waals surface area contributed by atoms with Crippen LogP contribution in [0.25, 0.3) is 0 Å². The summed E-state index contributed by atoms with van der Waals surface area (Å²) >= 11 is 0. The van der Waals surface area contributed by atoms with Crippen molar-refractivity contribution in [3.05, 3.63) is 29.8 Å². The predicted octanol–water partition coefficient (Wildman–Crippen LogP) is 1.38. The molecule has 0 aliphatic carbocycles. The molecule has 3 N–H and O–H groups in total. The van der Waals surface area contributed by atoms with E-state index in [9.17, 15) is 9.18 Å². The topological polar surface area (TPSA) is 72.5 Å². The summed E-state index contributed by atoms with van der Waals surface area (Å²) in [6.45, 7) is -0.0595. The number of nitrogens with two attached hydrogens (primary N) is 1. The summed E-state index contributed by atoms with van der Waals surface area (Å²) in [6, 6.07) is 6.07. The number of alkyl halides is 1. The summed E-state index contributed by atoms with van der Waals surface area (Å²) in [6.07, 6.45) is 0.645. The summed E-state index contributed by atoms with van der Waals surface area (Å²) in [4.78, 5) is 10.6. The van der Waals surface area contributed by atoms with Gasteiger partial charge in [0.2, 0.25) is 0 Å². The molecule has 4 nitrogen and oxygen atoms in total. The quantitative estimate of drug-likeness (QED) is 0.707. The van der Waals surface area contributed by atoms with Gasteiger partial charge in [0.25, 0.3) is 0 Å². The Balaban J connectivity index is 2.47. The second-order valence-corrected chi connectivity index (χ2v) is 3.68. The molecule has 0 saturated heterocycles. The number of carboxylic acids is 1. The number of carboxylic acid groups (broad SMARTS) is 1. The van der Waals surface area contributed by atoms with Gasteiger partial charge < -0.3 is 15.6 Å². The van der Waals surface area contributed by atoms with Gasteiger partial charge in [0.15, 0.2) is 0 Å². The van der Waals surface area contributed by atoms with E-state index >= 15 is 0 Å². The third kappa shape index (κ3) is 4.82. The summed E-state index contributed by atoms with van der Waals surface area (Å²) in [5.74, 6) is -0.376. The molecule has 0 spiro atoms. The summed E-state index contributed by atoms with van der Waals surface area (Å²) in [5.41, 5.74) is 6.24. The molecule has 1 rings (SSSR count). The molecular weight excluding hydrogens is 225 g/mol. The summed E-state index contributed by atoms with van der Waals surface area (Å²) in [5, 5.41) is 8.66. The molecule has 17 heavy (non-hydrogen) atoms. The lowest BCUT2D eigenvalue weighted by Gasteiger charge is -2.08. The number of carbonyl (C=O) groups is 1. The molecule has 5 heteroatoms. The maximum absolute atomic E-state index is 11.8. The van der Waals surface area contributed by atoms with Crippen molar-refractivity contribution in [1.29, 1.82) is 0 Å². The van der Waals surface area contributed by atoms with Crippen LogP contribution in [0.4, 0.5) is 4.39 Å². The van der Waals surface area contributed by atoms with Crippen LogP contribution in [0.1, 0.15) is 12.0 Å². The van der Waals surface area contributed by atoms with Crippen LogP contribution in [0.15, 0.2) is 24.3 Å². The molecule has 0 aliphatic heterocycles. The molecule has 94 valence electrons. The summed E-state index contributed by atoms with van der Waals surface area (Å²) < 4.78 is 17.1. The van der Waals surface area contributed by atoms with E-state index in [2.05, 4.69) is 0 Å². The smallest absolute Gasteiger partial charge is 0.320 e. The third-order valence-corrected chi connectivity index (χ3v) is 2.24. The van der Waals surface area contributed by atoms with E-state index in [1.165, 1.54) is 0 Å². The fourth-order valence-corrected chi connectivity index (χ4v) is 1.31. The fourth-order valence-electron chi connectivity index (χ4n) is 1.31. The first kappa shape index (κ1) is 13.4. The molecule has 1 atom stereocenters. The number of benzene rings is 1. The van der Waals surface area contributed by atoms with Crippen molar-refractivity contribution in [1.82, 2.24) is 0 Å². The van der Waals surface area contributed by atoms with Crippen LogP contribution in [-0.4, -0.2) is 30.4 Å². The minimum absolute atomic E-state index is 0.278. The third-order valence-electron chi connectivity index (χ3n) is 2.24. The van der Waals surface area contributed by atoms with Crippen molar-refractivity contribution in [3.8, 4) is 5.75 Å². The van der Waals surface area contributed by atoms with Crippen molar-refractivity contribution >= 4 is 5.97 Å². The number of halogens is 1. The highest BCUT2D eigenvalue weighted by Crippen LogP contribution is 2.13. The van der Waals surface area contributed by atoms with Crippen LogP contribution in [-0.2, 0) is 11.2 Å². The monoisotopic (exact) mass is 241 g/mol. The number of ether oxygens (including phenoxy) is 1. The van der Waals surface area contributed by atoms with Crippen molar-refractivity contribution in [3.63, 3.8) is 0 Å². The van der Waals surface area contributed by atoms with E-state index in [4.69, 9.17) is 15.6 Å². The molecule has 0 radical (unpaired) electrons. The molecule has 1 aromatic carbocycles. The Bertz CT molecular complexity index is 353. The van der Waals surface area contributed by atoms with Crippen LogP contribution in [0.5, 0.6) is 5.75 Å². The van der Waals surface area contributed by atoms with Gasteiger partial charge in [0.05, 0.1) is 13.3 Å². The molecule has 0 aromatic heterocycles. The number of rotatable bonds is 7. The molecule has 0 heterocycles. The maximum Gasteiger partial charge on any atom is 0.320 e. The van der Waals surface area contributed by atoms with Gasteiger partial charge in [-0.2, -0.15) is 0 Å². The zero-order valence-electron chi connectivity index (χ0n) is 9.43. The Morgan fingerprint density at radius 1 is 1.41 bits per heavy atom. The van der Waals surface area contributed by atoms with E-state index in [0.29, 0.717) is 18.8 Å². The van der Waals surface area contributed by atoms with Crippen LogP contribution in [0.2, 0.25) is 0 Å². The van der Waals surface area contributed by atoms with Crippen LogP contribution >= 0.6 is 0 Å².